The van der Waals surface area contributed by atoms with Gasteiger partial charge in [-0.2, -0.15) is 13.2 Å². The highest BCUT2D eigenvalue weighted by molar-refractivity contribution is 6.33. The van der Waals surface area contributed by atoms with Crippen molar-refractivity contribution in [1.29, 1.82) is 0 Å². The molecule has 0 saturated carbocycles. The molecule has 1 aromatic rings. The van der Waals surface area contributed by atoms with E-state index < -0.39 is 11.7 Å². The summed E-state index contributed by atoms with van der Waals surface area (Å²) in [7, 11) is 2.16. The zero-order valence-electron chi connectivity index (χ0n) is 14.3. The average Bonchev–Trinajstić information content (AvgIpc) is 2.57. The minimum Gasteiger partial charge on any atom is -0.366 e. The van der Waals surface area contributed by atoms with Crippen molar-refractivity contribution in [2.24, 2.45) is 0 Å². The summed E-state index contributed by atoms with van der Waals surface area (Å²) >= 11 is 5.98. The zero-order valence-corrected chi connectivity index (χ0v) is 15.1. The van der Waals surface area contributed by atoms with Gasteiger partial charge in [0.2, 0.25) is 0 Å². The Labute approximate surface area is 151 Å². The summed E-state index contributed by atoms with van der Waals surface area (Å²) in [4.78, 5) is 8.79. The standard InChI is InChI=1S/C17H24ClF3N4/c1-24-6-4-14(5-7-24)25-8-2-13(3-9-25)23-16-15(18)10-12(11-22-16)17(19,20)21/h10-11,13-14H,2-9H2,1H3,(H,22,23). The van der Waals surface area contributed by atoms with Crippen LogP contribution >= 0.6 is 11.6 Å². The maximum absolute atomic E-state index is 12.7. The number of nitrogens with zero attached hydrogens (tertiary/aromatic N) is 3. The van der Waals surface area contributed by atoms with E-state index in [1.165, 1.54) is 12.8 Å². The molecule has 2 aliphatic heterocycles. The van der Waals surface area contributed by atoms with Gasteiger partial charge in [-0.3, -0.25) is 0 Å². The topological polar surface area (TPSA) is 31.4 Å². The molecule has 25 heavy (non-hydrogen) atoms. The largest absolute Gasteiger partial charge is 0.417 e. The number of likely N-dealkylation sites (tertiary alicyclic amines) is 2. The fraction of sp³-hybridized carbons (Fsp3) is 0.706. The first-order chi connectivity index (χ1) is 11.8. The highest BCUT2D eigenvalue weighted by Gasteiger charge is 2.32. The monoisotopic (exact) mass is 376 g/mol. The number of alkyl halides is 3. The number of rotatable bonds is 3. The van der Waals surface area contributed by atoms with E-state index in [2.05, 4.69) is 27.1 Å². The summed E-state index contributed by atoms with van der Waals surface area (Å²) in [5.74, 6) is 0.340. The summed E-state index contributed by atoms with van der Waals surface area (Å²) in [6.45, 7) is 4.30. The minimum atomic E-state index is -4.42. The fourth-order valence-electron chi connectivity index (χ4n) is 3.66. The second-order valence-corrected chi connectivity index (χ2v) is 7.45. The number of anilines is 1. The Hall–Kier alpha value is -1.05. The van der Waals surface area contributed by atoms with Crippen LogP contribution < -0.4 is 5.32 Å². The lowest BCUT2D eigenvalue weighted by atomic mass is 9.98. The van der Waals surface area contributed by atoms with Gasteiger partial charge in [-0.25, -0.2) is 4.98 Å². The van der Waals surface area contributed by atoms with Crippen molar-refractivity contribution >= 4 is 17.4 Å². The molecule has 1 N–H and O–H groups in total. The zero-order chi connectivity index (χ0) is 18.0. The van der Waals surface area contributed by atoms with Crippen LogP contribution in [-0.2, 0) is 6.18 Å². The Morgan fingerprint density at radius 1 is 1.12 bits per heavy atom. The molecule has 0 unspecified atom stereocenters. The van der Waals surface area contributed by atoms with E-state index >= 15 is 0 Å². The molecule has 0 bridgehead atoms. The quantitative estimate of drug-likeness (QED) is 0.871. The van der Waals surface area contributed by atoms with E-state index in [-0.39, 0.29) is 11.1 Å². The molecule has 0 radical (unpaired) electrons. The summed E-state index contributed by atoms with van der Waals surface area (Å²) in [6.07, 6.45) is 0.731. The fourth-order valence-corrected chi connectivity index (χ4v) is 3.88. The van der Waals surface area contributed by atoms with Gasteiger partial charge in [-0.15, -0.1) is 0 Å². The first kappa shape index (κ1) is 18.7. The molecular formula is C17H24ClF3N4. The smallest absolute Gasteiger partial charge is 0.366 e. The Morgan fingerprint density at radius 3 is 2.32 bits per heavy atom. The Kier molecular flexibility index (Phi) is 5.75. The lowest BCUT2D eigenvalue weighted by Crippen LogP contribution is -2.48. The molecule has 2 saturated heterocycles. The number of hydrogen-bond donors (Lipinski definition) is 1. The van der Waals surface area contributed by atoms with Crippen molar-refractivity contribution in [2.45, 2.75) is 43.9 Å². The molecule has 0 spiro atoms. The molecule has 2 aliphatic rings. The lowest BCUT2D eigenvalue weighted by molar-refractivity contribution is -0.137. The van der Waals surface area contributed by atoms with Crippen molar-refractivity contribution in [2.75, 3.05) is 38.5 Å². The number of piperidine rings is 2. The molecule has 8 heteroatoms. The second kappa shape index (κ2) is 7.68. The number of halogens is 4. The van der Waals surface area contributed by atoms with E-state index in [0.29, 0.717) is 11.9 Å². The molecule has 3 heterocycles. The van der Waals surface area contributed by atoms with E-state index in [4.69, 9.17) is 11.6 Å². The summed E-state index contributed by atoms with van der Waals surface area (Å²) in [6, 6.07) is 1.79. The number of aromatic nitrogens is 1. The van der Waals surface area contributed by atoms with Gasteiger partial charge in [0.1, 0.15) is 5.82 Å². The molecule has 0 atom stereocenters. The maximum atomic E-state index is 12.7. The first-order valence-corrected chi connectivity index (χ1v) is 9.12. The molecule has 0 aliphatic carbocycles. The van der Waals surface area contributed by atoms with E-state index in [1.54, 1.807) is 0 Å². The predicted octanol–water partition coefficient (Wildman–Crippen LogP) is 3.72. The maximum Gasteiger partial charge on any atom is 0.417 e. The van der Waals surface area contributed by atoms with Crippen LogP contribution in [0.5, 0.6) is 0 Å². The van der Waals surface area contributed by atoms with Crippen LogP contribution in [0.25, 0.3) is 0 Å². The van der Waals surface area contributed by atoms with E-state index in [0.717, 1.165) is 51.3 Å². The van der Waals surface area contributed by atoms with Gasteiger partial charge >= 0.3 is 6.18 Å². The normalized spacial score (nSPS) is 22.3. The Bertz CT molecular complexity index is 580. The second-order valence-electron chi connectivity index (χ2n) is 7.04. The molecular weight excluding hydrogens is 353 g/mol. The number of pyridine rings is 1. The van der Waals surface area contributed by atoms with Crippen LogP contribution in [0.4, 0.5) is 19.0 Å². The van der Waals surface area contributed by atoms with Gasteiger partial charge in [-0.1, -0.05) is 11.6 Å². The molecule has 140 valence electrons. The molecule has 4 nitrogen and oxygen atoms in total. The van der Waals surface area contributed by atoms with Gasteiger partial charge < -0.3 is 15.1 Å². The predicted molar refractivity (Wildman–Crippen MR) is 93.0 cm³/mol. The SMILES string of the molecule is CN1CCC(N2CCC(Nc3ncc(C(F)(F)F)cc3Cl)CC2)CC1. The third kappa shape index (κ3) is 4.77. The van der Waals surface area contributed by atoms with Crippen molar-refractivity contribution in [3.63, 3.8) is 0 Å². The molecule has 2 fully saturated rings. The van der Waals surface area contributed by atoms with Crippen molar-refractivity contribution in [3.8, 4) is 0 Å². The number of hydrogen-bond acceptors (Lipinski definition) is 4. The summed E-state index contributed by atoms with van der Waals surface area (Å²) in [5.41, 5.74) is -0.819. The van der Waals surface area contributed by atoms with Crippen molar-refractivity contribution in [1.82, 2.24) is 14.8 Å². The average molecular weight is 377 g/mol. The van der Waals surface area contributed by atoms with Crippen molar-refractivity contribution < 1.29 is 13.2 Å². The Morgan fingerprint density at radius 2 is 1.76 bits per heavy atom. The van der Waals surface area contributed by atoms with Gasteiger partial charge in [0, 0.05) is 31.4 Å². The van der Waals surface area contributed by atoms with E-state index in [1.807, 2.05) is 0 Å². The third-order valence-corrected chi connectivity index (χ3v) is 5.53. The minimum absolute atomic E-state index is 0.0209. The van der Waals surface area contributed by atoms with Crippen LogP contribution in [0.2, 0.25) is 5.02 Å². The lowest BCUT2D eigenvalue weighted by Gasteiger charge is -2.41. The van der Waals surface area contributed by atoms with E-state index in [9.17, 15) is 13.2 Å². The molecule has 0 aromatic carbocycles. The highest BCUT2D eigenvalue weighted by Crippen LogP contribution is 2.33. The highest BCUT2D eigenvalue weighted by atomic mass is 35.5. The summed E-state index contributed by atoms with van der Waals surface area (Å²) < 4.78 is 38.0. The van der Waals surface area contributed by atoms with Gasteiger partial charge in [0.15, 0.2) is 0 Å². The van der Waals surface area contributed by atoms with Crippen LogP contribution in [-0.4, -0.2) is 60.1 Å². The Balaban J connectivity index is 1.52. The number of nitrogens with one attached hydrogen (secondary N) is 1. The molecule has 0 amide bonds. The van der Waals surface area contributed by atoms with Crippen LogP contribution in [0.3, 0.4) is 0 Å². The van der Waals surface area contributed by atoms with Crippen LogP contribution in [0.15, 0.2) is 12.3 Å². The third-order valence-electron chi connectivity index (χ3n) is 5.24. The van der Waals surface area contributed by atoms with Crippen molar-refractivity contribution in [3.05, 3.63) is 22.8 Å². The van der Waals surface area contributed by atoms with Gasteiger partial charge in [0.05, 0.1) is 10.6 Å². The van der Waals surface area contributed by atoms with Crippen LogP contribution in [0, 0.1) is 0 Å². The first-order valence-electron chi connectivity index (χ1n) is 8.75. The summed E-state index contributed by atoms with van der Waals surface area (Å²) in [5, 5.41) is 3.23. The van der Waals surface area contributed by atoms with Gasteiger partial charge in [0.25, 0.3) is 0 Å². The molecule has 3 rings (SSSR count). The van der Waals surface area contributed by atoms with Crippen LogP contribution in [0.1, 0.15) is 31.2 Å². The van der Waals surface area contributed by atoms with Gasteiger partial charge in [-0.05, 0) is 51.9 Å². The molecule has 1 aromatic heterocycles.